The molecule has 0 fully saturated rings. The van der Waals surface area contributed by atoms with Gasteiger partial charge in [-0.2, -0.15) is 0 Å². The topological polar surface area (TPSA) is 60.3 Å². The summed E-state index contributed by atoms with van der Waals surface area (Å²) in [6, 6.07) is 12.9. The molecule has 2 aromatic carbocycles. The van der Waals surface area contributed by atoms with E-state index in [1.165, 1.54) is 0 Å². The van der Waals surface area contributed by atoms with E-state index in [1.54, 1.807) is 18.3 Å². The molecule has 0 aliphatic rings. The first-order valence-corrected chi connectivity index (χ1v) is 8.72. The van der Waals surface area contributed by atoms with Gasteiger partial charge in [-0.05, 0) is 45.0 Å². The highest BCUT2D eigenvalue weighted by Crippen LogP contribution is 2.24. The Balaban J connectivity index is 2.06. The summed E-state index contributed by atoms with van der Waals surface area (Å²) in [4.78, 5) is 25.7. The largest absolute Gasteiger partial charge is 0.492 e. The summed E-state index contributed by atoms with van der Waals surface area (Å²) in [5.74, 6) is 0.142. The number of hydrogen-bond acceptors (Lipinski definition) is 3. The van der Waals surface area contributed by atoms with Crippen LogP contribution in [0.15, 0.2) is 53.5 Å². The van der Waals surface area contributed by atoms with Gasteiger partial charge in [-0.15, -0.1) is 0 Å². The number of nitrogens with zero attached hydrogens (tertiary/aromatic N) is 1. The van der Waals surface area contributed by atoms with Crippen molar-refractivity contribution < 1.29 is 9.53 Å². The van der Waals surface area contributed by atoms with Gasteiger partial charge in [0.15, 0.2) is 0 Å². The number of fused-ring (bicyclic) bond motifs is 1. The smallest absolute Gasteiger partial charge is 0.261 e. The fraction of sp³-hybridized carbons (Fsp3) is 0.238. The minimum absolute atomic E-state index is 0.122. The zero-order chi connectivity index (χ0) is 18.7. The molecule has 1 heterocycles. The second kappa shape index (κ2) is 7.44. The van der Waals surface area contributed by atoms with Crippen LogP contribution in [-0.4, -0.2) is 17.1 Å². The van der Waals surface area contributed by atoms with Crippen molar-refractivity contribution in [3.8, 4) is 5.75 Å². The van der Waals surface area contributed by atoms with Gasteiger partial charge in [0.2, 0.25) is 5.43 Å². The fourth-order valence-corrected chi connectivity index (χ4v) is 2.98. The average molecular weight is 350 g/mol. The zero-order valence-electron chi connectivity index (χ0n) is 15.2. The molecule has 5 heteroatoms. The number of benzene rings is 2. The lowest BCUT2D eigenvalue weighted by molar-refractivity contribution is 0.102. The van der Waals surface area contributed by atoms with Gasteiger partial charge in [-0.25, -0.2) is 0 Å². The van der Waals surface area contributed by atoms with E-state index < -0.39 is 5.91 Å². The molecule has 0 unspecified atom stereocenters. The quantitative estimate of drug-likeness (QED) is 0.757. The van der Waals surface area contributed by atoms with Crippen LogP contribution in [-0.2, 0) is 6.54 Å². The summed E-state index contributed by atoms with van der Waals surface area (Å²) in [7, 11) is 0. The van der Waals surface area contributed by atoms with Crippen LogP contribution >= 0.6 is 0 Å². The number of anilines is 1. The Morgan fingerprint density at radius 1 is 1.15 bits per heavy atom. The average Bonchev–Trinajstić information content (AvgIpc) is 2.64. The number of ether oxygens (including phenoxy) is 1. The number of aromatic nitrogens is 1. The third-order valence-corrected chi connectivity index (χ3v) is 4.26. The van der Waals surface area contributed by atoms with E-state index >= 15 is 0 Å². The van der Waals surface area contributed by atoms with E-state index in [2.05, 4.69) is 5.32 Å². The maximum absolute atomic E-state index is 12.9. The summed E-state index contributed by atoms with van der Waals surface area (Å²) in [5, 5.41) is 3.36. The third-order valence-electron chi connectivity index (χ3n) is 4.26. The van der Waals surface area contributed by atoms with Gasteiger partial charge in [0.1, 0.15) is 11.3 Å². The first kappa shape index (κ1) is 17.7. The van der Waals surface area contributed by atoms with Crippen LogP contribution < -0.4 is 15.5 Å². The van der Waals surface area contributed by atoms with Gasteiger partial charge >= 0.3 is 0 Å². The lowest BCUT2D eigenvalue weighted by Crippen LogP contribution is -2.24. The standard InChI is InChI=1S/C21H22N2O3/c1-4-23-13-16(20(24)15-12-14(3)10-11-18(15)23)21(25)22-17-8-6-7-9-19(17)26-5-2/h6-13H,4-5H2,1-3H3,(H,22,25). The molecule has 0 saturated carbocycles. The summed E-state index contributed by atoms with van der Waals surface area (Å²) < 4.78 is 7.45. The molecule has 0 radical (unpaired) electrons. The molecular weight excluding hydrogens is 328 g/mol. The molecule has 134 valence electrons. The minimum atomic E-state index is -0.437. The van der Waals surface area contributed by atoms with E-state index in [0.29, 0.717) is 30.0 Å². The maximum atomic E-state index is 12.9. The van der Waals surface area contributed by atoms with Crippen LogP contribution in [0.3, 0.4) is 0 Å². The number of carbonyl (C=O) groups excluding carboxylic acids is 1. The Hall–Kier alpha value is -3.08. The molecule has 0 spiro atoms. The molecular formula is C21H22N2O3. The highest BCUT2D eigenvalue weighted by molar-refractivity contribution is 6.06. The van der Waals surface area contributed by atoms with Crippen LogP contribution in [0.5, 0.6) is 5.75 Å². The molecule has 3 aromatic rings. The molecule has 0 aliphatic carbocycles. The van der Waals surface area contributed by atoms with Crippen molar-refractivity contribution >= 4 is 22.5 Å². The number of amides is 1. The summed E-state index contributed by atoms with van der Waals surface area (Å²) in [6.45, 7) is 6.95. The lowest BCUT2D eigenvalue weighted by Gasteiger charge is -2.14. The zero-order valence-corrected chi connectivity index (χ0v) is 15.2. The molecule has 0 bridgehead atoms. The second-order valence-corrected chi connectivity index (χ2v) is 6.06. The third kappa shape index (κ3) is 3.33. The number of aryl methyl sites for hydroxylation is 2. The number of nitrogens with one attached hydrogen (secondary N) is 1. The van der Waals surface area contributed by atoms with Crippen molar-refractivity contribution in [2.75, 3.05) is 11.9 Å². The molecule has 3 rings (SSSR count). The Kier molecular flexibility index (Phi) is 5.07. The van der Waals surface area contributed by atoms with Gasteiger partial charge < -0.3 is 14.6 Å². The van der Waals surface area contributed by atoms with Crippen LogP contribution in [0.4, 0.5) is 5.69 Å². The number of hydrogen-bond donors (Lipinski definition) is 1. The van der Waals surface area contributed by atoms with Crippen LogP contribution in [0.2, 0.25) is 0 Å². The van der Waals surface area contributed by atoms with E-state index in [-0.39, 0.29) is 11.0 Å². The Labute approximate surface area is 152 Å². The van der Waals surface area contributed by atoms with E-state index in [4.69, 9.17) is 4.74 Å². The fourth-order valence-electron chi connectivity index (χ4n) is 2.98. The van der Waals surface area contributed by atoms with E-state index in [0.717, 1.165) is 11.1 Å². The first-order valence-electron chi connectivity index (χ1n) is 8.72. The second-order valence-electron chi connectivity index (χ2n) is 6.06. The summed E-state index contributed by atoms with van der Waals surface area (Å²) >= 11 is 0. The Bertz CT molecular complexity index is 1020. The molecule has 1 aromatic heterocycles. The maximum Gasteiger partial charge on any atom is 0.261 e. The van der Waals surface area contributed by atoms with E-state index in [9.17, 15) is 9.59 Å². The highest BCUT2D eigenvalue weighted by atomic mass is 16.5. The minimum Gasteiger partial charge on any atom is -0.492 e. The number of rotatable bonds is 5. The normalized spacial score (nSPS) is 10.7. The van der Waals surface area contributed by atoms with Crippen molar-refractivity contribution in [2.24, 2.45) is 0 Å². The number of pyridine rings is 1. The van der Waals surface area contributed by atoms with Crippen molar-refractivity contribution in [1.82, 2.24) is 4.57 Å². The van der Waals surface area contributed by atoms with Crippen LogP contribution in [0, 0.1) is 6.92 Å². The molecule has 1 N–H and O–H groups in total. The Morgan fingerprint density at radius 2 is 1.92 bits per heavy atom. The van der Waals surface area contributed by atoms with Crippen LogP contribution in [0.25, 0.3) is 10.9 Å². The SMILES string of the molecule is CCOc1ccccc1NC(=O)c1cn(CC)c2ccc(C)cc2c1=O. The van der Waals surface area contributed by atoms with Crippen molar-refractivity contribution in [3.05, 3.63) is 70.0 Å². The highest BCUT2D eigenvalue weighted by Gasteiger charge is 2.17. The summed E-state index contributed by atoms with van der Waals surface area (Å²) in [5.41, 5.74) is 2.22. The van der Waals surface area contributed by atoms with E-state index in [1.807, 2.05) is 55.7 Å². The van der Waals surface area contributed by atoms with Gasteiger partial charge in [-0.3, -0.25) is 9.59 Å². The van der Waals surface area contributed by atoms with Gasteiger partial charge in [-0.1, -0.05) is 23.8 Å². The summed E-state index contributed by atoms with van der Waals surface area (Å²) in [6.07, 6.45) is 1.62. The molecule has 26 heavy (non-hydrogen) atoms. The molecule has 0 atom stereocenters. The van der Waals surface area contributed by atoms with Crippen molar-refractivity contribution in [1.29, 1.82) is 0 Å². The van der Waals surface area contributed by atoms with Gasteiger partial charge in [0.25, 0.3) is 5.91 Å². The Morgan fingerprint density at radius 3 is 2.65 bits per heavy atom. The predicted molar refractivity (Wildman–Crippen MR) is 104 cm³/mol. The molecule has 5 nitrogen and oxygen atoms in total. The lowest BCUT2D eigenvalue weighted by atomic mass is 10.1. The number of carbonyl (C=O) groups is 1. The molecule has 1 amide bonds. The monoisotopic (exact) mass is 350 g/mol. The molecule has 0 aliphatic heterocycles. The molecule has 0 saturated heterocycles. The van der Waals surface area contributed by atoms with Crippen molar-refractivity contribution in [3.63, 3.8) is 0 Å². The van der Waals surface area contributed by atoms with Gasteiger partial charge in [0, 0.05) is 18.1 Å². The van der Waals surface area contributed by atoms with Crippen molar-refractivity contribution in [2.45, 2.75) is 27.3 Å². The van der Waals surface area contributed by atoms with Gasteiger partial charge in [0.05, 0.1) is 17.8 Å². The first-order chi connectivity index (χ1) is 12.5. The number of para-hydroxylation sites is 2. The predicted octanol–water partition coefficient (Wildman–Crippen LogP) is 3.98. The van der Waals surface area contributed by atoms with Crippen LogP contribution in [0.1, 0.15) is 29.8 Å².